The molecule has 0 bridgehead atoms. The largest absolute Gasteiger partial charge is 0.300 e. The summed E-state index contributed by atoms with van der Waals surface area (Å²) in [6.45, 7) is 2.55. The summed E-state index contributed by atoms with van der Waals surface area (Å²) < 4.78 is 0. The predicted octanol–water partition coefficient (Wildman–Crippen LogP) is 7.07. The van der Waals surface area contributed by atoms with Crippen LogP contribution in [0.25, 0.3) is 0 Å². The Morgan fingerprint density at radius 1 is 0.577 bits per heavy atom. The van der Waals surface area contributed by atoms with E-state index >= 15 is 0 Å². The molecule has 0 spiro atoms. The fourth-order valence-electron chi connectivity index (χ4n) is 3.39. The third-order valence-electron chi connectivity index (χ3n) is 5.12. The Balaban J connectivity index is 3.14. The quantitative estimate of drug-likeness (QED) is 0.167. The molecule has 0 fully saturated rings. The molecule has 0 aromatic rings. The highest BCUT2D eigenvalue weighted by Gasteiger charge is 2.02. The monoisotopic (exact) mass is 371 g/mol. The van der Waals surface area contributed by atoms with Crippen LogP contribution in [0.3, 0.4) is 0 Å². The molecule has 0 rings (SSSR count). The number of carbonyl (C=O) groups is 1. The van der Waals surface area contributed by atoms with Crippen molar-refractivity contribution in [2.45, 2.75) is 129 Å². The second kappa shape index (κ2) is 20.9. The number of Topliss-reactive ketones (excluding diaryl/α,β-unsaturated/α-hetero) is 1. The third kappa shape index (κ3) is 21.6. The molecule has 26 heavy (non-hydrogen) atoms. The van der Waals surface area contributed by atoms with Crippen LogP contribution in [-0.4, -0.2) is 28.0 Å². The summed E-state index contributed by atoms with van der Waals surface area (Å²) >= 11 is 0. The molecule has 0 saturated heterocycles. The molecule has 0 aliphatic carbocycles. The zero-order valence-electron chi connectivity index (χ0n) is 17.4. The lowest BCUT2D eigenvalue weighted by molar-refractivity contribution is -0.306. The van der Waals surface area contributed by atoms with E-state index in [1.165, 1.54) is 77.0 Å². The summed E-state index contributed by atoms with van der Waals surface area (Å²) in [5.41, 5.74) is 0. The first-order valence-corrected chi connectivity index (χ1v) is 11.3. The highest BCUT2D eigenvalue weighted by molar-refractivity contribution is 5.78. The highest BCUT2D eigenvalue weighted by Crippen LogP contribution is 2.13. The van der Waals surface area contributed by atoms with Gasteiger partial charge in [-0.15, -0.1) is 0 Å². The minimum atomic E-state index is 0.236. The Bertz CT molecular complexity index is 295. The topological polar surface area (TPSA) is 60.8 Å². The number of carbonyl (C=O) groups excluding carboxylic acids is 1. The van der Waals surface area contributed by atoms with E-state index < -0.39 is 0 Å². The van der Waals surface area contributed by atoms with Gasteiger partial charge in [0, 0.05) is 12.8 Å². The normalized spacial score (nSPS) is 11.4. The molecule has 0 aliphatic heterocycles. The van der Waals surface area contributed by atoms with Crippen molar-refractivity contribution in [3.8, 4) is 0 Å². The van der Waals surface area contributed by atoms with Gasteiger partial charge in [-0.1, -0.05) is 102 Å². The van der Waals surface area contributed by atoms with Crippen LogP contribution in [0, 0.1) is 0 Å². The van der Waals surface area contributed by atoms with Gasteiger partial charge in [0.05, 0.1) is 6.54 Å². The lowest BCUT2D eigenvalue weighted by Crippen LogP contribution is -2.14. The minimum absolute atomic E-state index is 0.236. The highest BCUT2D eigenvalue weighted by atomic mass is 16.8. The molecule has 0 amide bonds. The van der Waals surface area contributed by atoms with Gasteiger partial charge < -0.3 is 0 Å². The molecule has 4 nitrogen and oxygen atoms in total. The molecule has 0 atom stereocenters. The average molecular weight is 372 g/mol. The Kier molecular flexibility index (Phi) is 20.5. The molecular weight excluding hydrogens is 326 g/mol. The maximum Gasteiger partial charge on any atom is 0.132 e. The smallest absolute Gasteiger partial charge is 0.132 e. The van der Waals surface area contributed by atoms with E-state index in [-0.39, 0.29) is 11.8 Å². The number of hydroxylamine groups is 2. The first kappa shape index (κ1) is 25.6. The number of unbranched alkanes of at least 4 members (excludes halogenated alkanes) is 15. The molecular formula is C22H45NO3. The van der Waals surface area contributed by atoms with Crippen molar-refractivity contribution in [2.75, 3.05) is 6.54 Å². The van der Waals surface area contributed by atoms with Crippen molar-refractivity contribution >= 4 is 5.78 Å². The zero-order valence-corrected chi connectivity index (χ0v) is 17.4. The van der Waals surface area contributed by atoms with Crippen molar-refractivity contribution in [1.29, 1.82) is 0 Å². The number of rotatable bonds is 21. The summed E-state index contributed by atoms with van der Waals surface area (Å²) in [4.78, 5) is 11.8. The molecule has 0 radical (unpaired) electrons. The van der Waals surface area contributed by atoms with Crippen LogP contribution in [0.1, 0.15) is 129 Å². The molecule has 0 aromatic carbocycles. The molecule has 0 aromatic heterocycles. The van der Waals surface area contributed by atoms with E-state index in [1.807, 2.05) is 0 Å². The number of ketones is 1. The lowest BCUT2D eigenvalue weighted by Gasteiger charge is -2.05. The van der Waals surface area contributed by atoms with Gasteiger partial charge in [-0.3, -0.25) is 15.2 Å². The van der Waals surface area contributed by atoms with E-state index in [9.17, 15) is 4.79 Å². The fraction of sp³-hybridized carbons (Fsp3) is 0.955. The van der Waals surface area contributed by atoms with E-state index in [4.69, 9.17) is 10.4 Å². The van der Waals surface area contributed by atoms with Crippen LogP contribution in [0.4, 0.5) is 0 Å². The van der Waals surface area contributed by atoms with Gasteiger partial charge in [0.15, 0.2) is 0 Å². The van der Waals surface area contributed by atoms with Gasteiger partial charge >= 0.3 is 0 Å². The van der Waals surface area contributed by atoms with Crippen LogP contribution in [0.2, 0.25) is 0 Å². The van der Waals surface area contributed by atoms with E-state index in [2.05, 4.69) is 6.92 Å². The number of hydrogen-bond donors (Lipinski definition) is 2. The van der Waals surface area contributed by atoms with Gasteiger partial charge in [0.1, 0.15) is 5.78 Å². The van der Waals surface area contributed by atoms with Gasteiger partial charge in [-0.25, -0.2) is 0 Å². The van der Waals surface area contributed by atoms with Gasteiger partial charge in [0.2, 0.25) is 0 Å². The van der Waals surface area contributed by atoms with Gasteiger partial charge in [0.25, 0.3) is 0 Å². The SMILES string of the molecule is CCCCCCCCCCCCCCCC(=O)CCCCCCN(O)O. The first-order valence-electron chi connectivity index (χ1n) is 11.3. The summed E-state index contributed by atoms with van der Waals surface area (Å²) in [7, 11) is 0. The van der Waals surface area contributed by atoms with Crippen LogP contribution in [0.5, 0.6) is 0 Å². The summed E-state index contributed by atoms with van der Waals surface area (Å²) in [5.74, 6) is 0.402. The lowest BCUT2D eigenvalue weighted by atomic mass is 10.0. The van der Waals surface area contributed by atoms with E-state index in [1.54, 1.807) is 0 Å². The molecule has 2 N–H and O–H groups in total. The van der Waals surface area contributed by atoms with Crippen molar-refractivity contribution in [1.82, 2.24) is 5.23 Å². The maximum atomic E-state index is 11.8. The second-order valence-electron chi connectivity index (χ2n) is 7.79. The van der Waals surface area contributed by atoms with Crippen molar-refractivity contribution in [3.05, 3.63) is 0 Å². The Labute approximate surface area is 162 Å². The predicted molar refractivity (Wildman–Crippen MR) is 109 cm³/mol. The van der Waals surface area contributed by atoms with Gasteiger partial charge in [-0.2, -0.15) is 0 Å². The molecule has 4 heteroatoms. The van der Waals surface area contributed by atoms with Crippen LogP contribution in [0.15, 0.2) is 0 Å². The fourth-order valence-corrected chi connectivity index (χ4v) is 3.39. The van der Waals surface area contributed by atoms with Gasteiger partial charge in [-0.05, 0) is 19.3 Å². The van der Waals surface area contributed by atoms with E-state index in [0.717, 1.165) is 38.5 Å². The maximum absolute atomic E-state index is 11.8. The van der Waals surface area contributed by atoms with Crippen molar-refractivity contribution in [3.63, 3.8) is 0 Å². The summed E-state index contributed by atoms with van der Waals surface area (Å²) in [6, 6.07) is 0. The first-order chi connectivity index (χ1) is 12.7. The Morgan fingerprint density at radius 3 is 1.31 bits per heavy atom. The van der Waals surface area contributed by atoms with Crippen molar-refractivity contribution in [2.24, 2.45) is 0 Å². The molecule has 0 unspecified atom stereocenters. The molecule has 0 aliphatic rings. The zero-order chi connectivity index (χ0) is 19.3. The van der Waals surface area contributed by atoms with Crippen LogP contribution >= 0.6 is 0 Å². The van der Waals surface area contributed by atoms with Crippen LogP contribution < -0.4 is 0 Å². The molecule has 156 valence electrons. The third-order valence-corrected chi connectivity index (χ3v) is 5.12. The summed E-state index contributed by atoms with van der Waals surface area (Å²) in [6.07, 6.45) is 22.5. The second-order valence-corrected chi connectivity index (χ2v) is 7.79. The Morgan fingerprint density at radius 2 is 0.923 bits per heavy atom. The minimum Gasteiger partial charge on any atom is -0.300 e. The summed E-state index contributed by atoms with van der Waals surface area (Å²) in [5, 5.41) is 17.4. The number of hydrogen-bond acceptors (Lipinski definition) is 4. The van der Waals surface area contributed by atoms with E-state index in [0.29, 0.717) is 12.2 Å². The average Bonchev–Trinajstić information content (AvgIpc) is 2.61. The molecule has 0 heterocycles. The molecule has 0 saturated carbocycles. The van der Waals surface area contributed by atoms with Crippen molar-refractivity contribution < 1.29 is 15.2 Å². The van der Waals surface area contributed by atoms with Crippen LogP contribution in [-0.2, 0) is 4.79 Å². The number of nitrogens with zero attached hydrogens (tertiary/aromatic N) is 1. The standard InChI is InChI=1S/C22H45NO3/c1-2-3-4-5-6-7-8-9-10-11-12-13-16-19-22(24)20-17-14-15-18-21-23(25)26/h25-26H,2-21H2,1H3. The Hall–Kier alpha value is -0.450.